The van der Waals surface area contributed by atoms with E-state index < -0.39 is 5.97 Å². The fraction of sp³-hybridized carbons (Fsp3) is 0.571. The second-order valence-corrected chi connectivity index (χ2v) is 7.31. The lowest BCUT2D eigenvalue weighted by molar-refractivity contribution is -0.149. The second-order valence-electron chi connectivity index (χ2n) is 7.31. The first-order valence-electron chi connectivity index (χ1n) is 9.60. The smallest absolute Gasteiger partial charge is 0.349 e. The Hall–Kier alpha value is -2.55. The Morgan fingerprint density at radius 2 is 2.15 bits per heavy atom. The highest BCUT2D eigenvalue weighted by molar-refractivity contribution is 5.99. The molecule has 1 aliphatic rings. The SMILES string of the molecule is CCCn1c(C)cc(/C=C(\C#N)C(=O)OCC(=O)N2CCCC(C)C2)c1C. The quantitative estimate of drug-likeness (QED) is 0.437. The lowest BCUT2D eigenvalue weighted by Crippen LogP contribution is -2.41. The van der Waals surface area contributed by atoms with Gasteiger partial charge in [0.25, 0.3) is 5.91 Å². The molecule has 0 N–H and O–H groups in total. The third-order valence-electron chi connectivity index (χ3n) is 5.04. The summed E-state index contributed by atoms with van der Waals surface area (Å²) in [4.78, 5) is 26.2. The molecule has 6 heteroatoms. The molecule has 0 bridgehead atoms. The van der Waals surface area contributed by atoms with Gasteiger partial charge in [-0.25, -0.2) is 4.79 Å². The lowest BCUT2D eigenvalue weighted by atomic mass is 10.0. The van der Waals surface area contributed by atoms with Crippen LogP contribution in [0.25, 0.3) is 6.08 Å². The molecule has 0 aliphatic carbocycles. The molecule has 1 atom stereocenters. The molecule has 146 valence electrons. The summed E-state index contributed by atoms with van der Waals surface area (Å²) in [5, 5.41) is 9.36. The Kier molecular flexibility index (Phi) is 7.23. The van der Waals surface area contributed by atoms with Crippen LogP contribution in [0.15, 0.2) is 11.6 Å². The summed E-state index contributed by atoms with van der Waals surface area (Å²) in [7, 11) is 0. The maximum absolute atomic E-state index is 12.3. The van der Waals surface area contributed by atoms with Crippen LogP contribution in [-0.4, -0.2) is 41.0 Å². The molecule has 1 fully saturated rings. The Bertz CT molecular complexity index is 770. The van der Waals surface area contributed by atoms with Gasteiger partial charge in [-0.1, -0.05) is 13.8 Å². The van der Waals surface area contributed by atoms with Crippen LogP contribution in [-0.2, 0) is 20.9 Å². The molecule has 2 heterocycles. The van der Waals surface area contributed by atoms with E-state index in [1.165, 1.54) is 0 Å². The van der Waals surface area contributed by atoms with Gasteiger partial charge in [0.15, 0.2) is 6.61 Å². The van der Waals surface area contributed by atoms with Crippen LogP contribution in [0.2, 0.25) is 0 Å². The molecular weight excluding hydrogens is 342 g/mol. The van der Waals surface area contributed by atoms with E-state index in [0.717, 1.165) is 42.8 Å². The molecule has 0 radical (unpaired) electrons. The summed E-state index contributed by atoms with van der Waals surface area (Å²) in [6, 6.07) is 3.86. The zero-order valence-corrected chi connectivity index (χ0v) is 16.7. The van der Waals surface area contributed by atoms with Crippen molar-refractivity contribution in [1.29, 1.82) is 5.26 Å². The lowest BCUT2D eigenvalue weighted by Gasteiger charge is -2.30. The van der Waals surface area contributed by atoms with Crippen LogP contribution >= 0.6 is 0 Å². The molecule has 27 heavy (non-hydrogen) atoms. The fourth-order valence-corrected chi connectivity index (χ4v) is 3.55. The topological polar surface area (TPSA) is 75.3 Å². The van der Waals surface area contributed by atoms with Crippen molar-refractivity contribution in [2.45, 2.75) is 53.5 Å². The van der Waals surface area contributed by atoms with Gasteiger partial charge in [-0.3, -0.25) is 4.79 Å². The van der Waals surface area contributed by atoms with Gasteiger partial charge in [0.2, 0.25) is 0 Å². The molecule has 1 saturated heterocycles. The molecule has 1 aromatic rings. The third kappa shape index (κ3) is 5.22. The van der Waals surface area contributed by atoms with E-state index in [9.17, 15) is 14.9 Å². The van der Waals surface area contributed by atoms with Gasteiger partial charge >= 0.3 is 5.97 Å². The number of carbonyl (C=O) groups is 2. The van der Waals surface area contributed by atoms with Crippen molar-refractivity contribution in [2.24, 2.45) is 5.92 Å². The number of hydrogen-bond acceptors (Lipinski definition) is 4. The summed E-state index contributed by atoms with van der Waals surface area (Å²) in [6.45, 7) is 10.1. The van der Waals surface area contributed by atoms with Crippen molar-refractivity contribution in [2.75, 3.05) is 19.7 Å². The van der Waals surface area contributed by atoms with E-state index in [4.69, 9.17) is 4.74 Å². The number of aromatic nitrogens is 1. The zero-order chi connectivity index (χ0) is 20.0. The highest BCUT2D eigenvalue weighted by atomic mass is 16.5. The molecule has 1 amide bonds. The number of aryl methyl sites for hydroxylation is 1. The zero-order valence-electron chi connectivity index (χ0n) is 16.7. The number of nitrogens with zero attached hydrogens (tertiary/aromatic N) is 3. The van der Waals surface area contributed by atoms with Crippen molar-refractivity contribution in [3.05, 3.63) is 28.6 Å². The summed E-state index contributed by atoms with van der Waals surface area (Å²) >= 11 is 0. The van der Waals surface area contributed by atoms with Gasteiger partial charge in [-0.15, -0.1) is 0 Å². The van der Waals surface area contributed by atoms with Crippen LogP contribution in [0.1, 0.15) is 50.1 Å². The average molecular weight is 371 g/mol. The minimum Gasteiger partial charge on any atom is -0.451 e. The predicted molar refractivity (Wildman–Crippen MR) is 104 cm³/mol. The number of likely N-dealkylation sites (tertiary alicyclic amines) is 1. The Labute approximate surface area is 161 Å². The number of carbonyl (C=O) groups excluding carboxylic acids is 2. The van der Waals surface area contributed by atoms with E-state index in [1.54, 1.807) is 11.0 Å². The Balaban J connectivity index is 2.03. The molecule has 6 nitrogen and oxygen atoms in total. The molecular formula is C21H29N3O3. The van der Waals surface area contributed by atoms with Gasteiger partial charge in [0.1, 0.15) is 11.6 Å². The summed E-state index contributed by atoms with van der Waals surface area (Å²) in [6.07, 6.45) is 4.63. The van der Waals surface area contributed by atoms with Crippen molar-refractivity contribution in [1.82, 2.24) is 9.47 Å². The molecule has 0 spiro atoms. The minimum atomic E-state index is -0.754. The largest absolute Gasteiger partial charge is 0.451 e. The first-order valence-corrected chi connectivity index (χ1v) is 9.60. The van der Waals surface area contributed by atoms with E-state index in [0.29, 0.717) is 19.0 Å². The summed E-state index contributed by atoms with van der Waals surface area (Å²) in [5.74, 6) is -0.490. The molecule has 1 aliphatic heterocycles. The number of amides is 1. The molecule has 1 unspecified atom stereocenters. The molecule has 0 aromatic carbocycles. The van der Waals surface area contributed by atoms with Crippen LogP contribution in [0.5, 0.6) is 0 Å². The minimum absolute atomic E-state index is 0.0911. The van der Waals surface area contributed by atoms with Crippen molar-refractivity contribution in [3.63, 3.8) is 0 Å². The second kappa shape index (κ2) is 9.40. The van der Waals surface area contributed by atoms with Gasteiger partial charge in [-0.05, 0) is 56.7 Å². The van der Waals surface area contributed by atoms with Crippen LogP contribution in [0.3, 0.4) is 0 Å². The predicted octanol–water partition coefficient (Wildman–Crippen LogP) is 3.22. The summed E-state index contributed by atoms with van der Waals surface area (Å²) in [5.41, 5.74) is 2.83. The van der Waals surface area contributed by atoms with Crippen LogP contribution in [0, 0.1) is 31.1 Å². The van der Waals surface area contributed by atoms with Crippen LogP contribution < -0.4 is 0 Å². The van der Waals surface area contributed by atoms with Crippen molar-refractivity contribution in [3.8, 4) is 6.07 Å². The number of piperidine rings is 1. The number of esters is 1. The number of nitriles is 1. The van der Waals surface area contributed by atoms with E-state index in [2.05, 4.69) is 18.4 Å². The first kappa shape index (κ1) is 20.8. The normalized spacial score (nSPS) is 17.5. The monoisotopic (exact) mass is 371 g/mol. The third-order valence-corrected chi connectivity index (χ3v) is 5.04. The van der Waals surface area contributed by atoms with Crippen LogP contribution in [0.4, 0.5) is 0 Å². The highest BCUT2D eigenvalue weighted by Gasteiger charge is 2.22. The Morgan fingerprint density at radius 1 is 1.41 bits per heavy atom. The van der Waals surface area contributed by atoms with Crippen molar-refractivity contribution < 1.29 is 14.3 Å². The van der Waals surface area contributed by atoms with E-state index >= 15 is 0 Å². The van der Waals surface area contributed by atoms with E-state index in [1.807, 2.05) is 26.0 Å². The van der Waals surface area contributed by atoms with Gasteiger partial charge in [0.05, 0.1) is 0 Å². The summed E-state index contributed by atoms with van der Waals surface area (Å²) < 4.78 is 7.27. The maximum Gasteiger partial charge on any atom is 0.349 e. The standard InChI is InChI=1S/C21H29N3O3/c1-5-8-24-16(3)10-18(17(24)4)11-19(12-22)21(26)27-14-20(25)23-9-6-7-15(2)13-23/h10-11,15H,5-9,13-14H2,1-4H3/b19-11+. The highest BCUT2D eigenvalue weighted by Crippen LogP contribution is 2.19. The molecule has 0 saturated carbocycles. The Morgan fingerprint density at radius 3 is 2.78 bits per heavy atom. The number of rotatable bonds is 6. The molecule has 1 aromatic heterocycles. The number of hydrogen-bond donors (Lipinski definition) is 0. The van der Waals surface area contributed by atoms with Gasteiger partial charge in [0, 0.05) is 31.0 Å². The maximum atomic E-state index is 12.3. The number of ether oxygens (including phenoxy) is 1. The molecule has 2 rings (SSSR count). The van der Waals surface area contributed by atoms with Gasteiger partial charge in [-0.2, -0.15) is 5.26 Å². The first-order chi connectivity index (χ1) is 12.9. The average Bonchev–Trinajstić information content (AvgIpc) is 2.91. The van der Waals surface area contributed by atoms with Crippen molar-refractivity contribution >= 4 is 18.0 Å². The van der Waals surface area contributed by atoms with Gasteiger partial charge < -0.3 is 14.2 Å². The van der Waals surface area contributed by atoms with E-state index in [-0.39, 0.29) is 18.1 Å². The fourth-order valence-electron chi connectivity index (χ4n) is 3.55.